The number of ether oxygens (including phenoxy) is 1. The number of ketones is 2. The number of hydrogen-bond donors (Lipinski definition) is 2. The predicted octanol–water partition coefficient (Wildman–Crippen LogP) is 5.99. The third-order valence-electron chi connectivity index (χ3n) is 6.57. The molecule has 0 aliphatic carbocycles. The fraction of sp³-hybridized carbons (Fsp3) is 0.444. The molecule has 2 bridgehead atoms. The van der Waals surface area contributed by atoms with Crippen molar-refractivity contribution in [2.45, 2.75) is 50.7 Å². The van der Waals surface area contributed by atoms with E-state index in [1.54, 1.807) is 18.2 Å². The largest absolute Gasteiger partial charge is 0.504 e. The first-order valence-corrected chi connectivity index (χ1v) is 14.5. The average molecular weight is 513 g/mol. The van der Waals surface area contributed by atoms with Gasteiger partial charge < -0.3 is 15.2 Å². The van der Waals surface area contributed by atoms with E-state index in [9.17, 15) is 14.7 Å². The van der Waals surface area contributed by atoms with E-state index in [1.807, 2.05) is 27.8 Å². The van der Waals surface area contributed by atoms with Crippen LogP contribution >= 0.6 is 21.6 Å². The highest BCUT2D eigenvalue weighted by Gasteiger charge is 2.23. The zero-order valence-electron chi connectivity index (χ0n) is 20.2. The lowest BCUT2D eigenvalue weighted by molar-refractivity contribution is -0.124. The standard InChI is InChI=1S/C27H32N2O4S2/c1-3-17-4-6-21(30)14-22(31)7-5-19-13-25(33-2)24(32)12-20(19)10-18-11-23-26(35-34-16-17)8-9-28-27(23)29-15-18/h5,7,11-13,15,17,26,32H,3-4,6,8-10,14,16H2,1-2H3,(H,28,29). The topological polar surface area (TPSA) is 88.5 Å². The number of phenols is 1. The average Bonchev–Trinajstić information content (AvgIpc) is 2.85. The molecule has 4 rings (SSSR count). The lowest BCUT2D eigenvalue weighted by atomic mass is 9.96. The van der Waals surface area contributed by atoms with Crippen LogP contribution in [0.2, 0.25) is 0 Å². The molecule has 186 valence electrons. The molecule has 6 nitrogen and oxygen atoms in total. The summed E-state index contributed by atoms with van der Waals surface area (Å²) in [7, 11) is 5.27. The lowest BCUT2D eigenvalue weighted by Crippen LogP contribution is -2.16. The molecule has 1 aromatic carbocycles. The van der Waals surface area contributed by atoms with E-state index in [0.29, 0.717) is 29.8 Å². The molecule has 0 saturated carbocycles. The summed E-state index contributed by atoms with van der Waals surface area (Å²) >= 11 is 0. The smallest absolute Gasteiger partial charge is 0.163 e. The van der Waals surface area contributed by atoms with Crippen LogP contribution in [0.3, 0.4) is 0 Å². The summed E-state index contributed by atoms with van der Waals surface area (Å²) in [6.07, 6.45) is 8.82. The van der Waals surface area contributed by atoms with Gasteiger partial charge in [-0.1, -0.05) is 41.0 Å². The first-order chi connectivity index (χ1) is 17.0. The van der Waals surface area contributed by atoms with Gasteiger partial charge in [-0.3, -0.25) is 9.59 Å². The highest BCUT2D eigenvalue weighted by atomic mass is 33.1. The van der Waals surface area contributed by atoms with Crippen molar-refractivity contribution in [2.24, 2.45) is 5.92 Å². The van der Waals surface area contributed by atoms with E-state index in [2.05, 4.69) is 18.3 Å². The maximum atomic E-state index is 12.5. The van der Waals surface area contributed by atoms with Crippen LogP contribution in [0.15, 0.2) is 30.5 Å². The summed E-state index contributed by atoms with van der Waals surface area (Å²) < 4.78 is 5.29. The van der Waals surface area contributed by atoms with Crippen molar-refractivity contribution in [3.05, 3.63) is 52.7 Å². The van der Waals surface area contributed by atoms with Gasteiger partial charge in [0.2, 0.25) is 0 Å². The molecular weight excluding hydrogens is 480 g/mol. The number of Topliss-reactive ketones (excluding diaryl/α,β-unsaturated/α-hetero) is 1. The summed E-state index contributed by atoms with van der Waals surface area (Å²) in [6, 6.07) is 5.62. The van der Waals surface area contributed by atoms with Crippen molar-refractivity contribution >= 4 is 45.0 Å². The predicted molar refractivity (Wildman–Crippen MR) is 144 cm³/mol. The van der Waals surface area contributed by atoms with Gasteiger partial charge >= 0.3 is 0 Å². The Hall–Kier alpha value is -2.45. The van der Waals surface area contributed by atoms with Crippen molar-refractivity contribution in [3.63, 3.8) is 0 Å². The maximum absolute atomic E-state index is 12.5. The van der Waals surface area contributed by atoms with Crippen LogP contribution < -0.4 is 10.1 Å². The number of nitrogens with one attached hydrogen (secondary N) is 1. The van der Waals surface area contributed by atoms with Crippen molar-refractivity contribution in [1.29, 1.82) is 0 Å². The summed E-state index contributed by atoms with van der Waals surface area (Å²) in [5, 5.41) is 14.2. The van der Waals surface area contributed by atoms with Gasteiger partial charge in [0.1, 0.15) is 11.6 Å². The minimum absolute atomic E-state index is 0.00979. The van der Waals surface area contributed by atoms with E-state index in [4.69, 9.17) is 9.72 Å². The molecule has 2 N–H and O–H groups in total. The second kappa shape index (κ2) is 12.0. The molecule has 3 heterocycles. The van der Waals surface area contributed by atoms with Crippen LogP contribution in [0.25, 0.3) is 6.08 Å². The number of fused-ring (bicyclic) bond motifs is 2. The number of methoxy groups -OCH3 is 1. The van der Waals surface area contributed by atoms with Crippen molar-refractivity contribution < 1.29 is 19.4 Å². The minimum atomic E-state index is -0.212. The van der Waals surface area contributed by atoms with Gasteiger partial charge in [0.05, 0.1) is 13.5 Å². The molecule has 2 unspecified atom stereocenters. The van der Waals surface area contributed by atoms with Gasteiger partial charge in [-0.2, -0.15) is 0 Å². The van der Waals surface area contributed by atoms with Crippen molar-refractivity contribution in [1.82, 2.24) is 4.98 Å². The molecule has 8 heteroatoms. The van der Waals surface area contributed by atoms with E-state index in [-0.39, 0.29) is 23.7 Å². The van der Waals surface area contributed by atoms with Gasteiger partial charge in [-0.25, -0.2) is 4.98 Å². The normalized spacial score (nSPS) is 21.4. The molecule has 0 radical (unpaired) electrons. The van der Waals surface area contributed by atoms with Crippen LogP contribution in [-0.2, 0) is 16.0 Å². The molecule has 2 aliphatic rings. The molecule has 2 aromatic rings. The number of nitrogens with zero attached hydrogens (tertiary/aromatic N) is 1. The van der Waals surface area contributed by atoms with Gasteiger partial charge in [0.25, 0.3) is 0 Å². The third-order valence-corrected chi connectivity index (χ3v) is 9.55. The number of allylic oxidation sites excluding steroid dienone is 1. The second-order valence-electron chi connectivity index (χ2n) is 9.09. The van der Waals surface area contributed by atoms with Crippen LogP contribution in [0.1, 0.15) is 66.5 Å². The zero-order valence-corrected chi connectivity index (χ0v) is 21.8. The summed E-state index contributed by atoms with van der Waals surface area (Å²) in [5.41, 5.74) is 3.87. The number of carbonyl (C=O) groups excluding carboxylic acids is 2. The first kappa shape index (κ1) is 25.6. The molecular formula is C27H32N2O4S2. The minimum Gasteiger partial charge on any atom is -0.504 e. The van der Waals surface area contributed by atoms with Gasteiger partial charge in [-0.15, -0.1) is 0 Å². The Bertz CT molecular complexity index is 1120. The number of phenolic OH excluding ortho intramolecular Hbond substituents is 1. The highest BCUT2D eigenvalue weighted by molar-refractivity contribution is 8.76. The number of anilines is 1. The van der Waals surface area contributed by atoms with Crippen LogP contribution in [0.5, 0.6) is 11.5 Å². The zero-order chi connectivity index (χ0) is 24.8. The molecule has 0 fully saturated rings. The Morgan fingerprint density at radius 2 is 2.03 bits per heavy atom. The molecule has 2 aliphatic heterocycles. The number of rotatable bonds is 2. The fourth-order valence-corrected chi connectivity index (χ4v) is 7.67. The van der Waals surface area contributed by atoms with E-state index in [0.717, 1.165) is 54.1 Å². The highest BCUT2D eigenvalue weighted by Crippen LogP contribution is 2.46. The fourth-order valence-electron chi connectivity index (χ4n) is 4.43. The molecule has 2 atom stereocenters. The number of benzene rings is 1. The summed E-state index contributed by atoms with van der Waals surface area (Å²) in [5.74, 6) is 2.55. The molecule has 1 aromatic heterocycles. The first-order valence-electron chi connectivity index (χ1n) is 12.1. The van der Waals surface area contributed by atoms with Gasteiger partial charge in [0.15, 0.2) is 17.3 Å². The van der Waals surface area contributed by atoms with E-state index >= 15 is 0 Å². The second-order valence-corrected chi connectivity index (χ2v) is 11.7. The monoisotopic (exact) mass is 512 g/mol. The Balaban J connectivity index is 1.70. The number of carbonyl (C=O) groups is 2. The number of aromatic hydroxyl groups is 1. The van der Waals surface area contributed by atoms with Crippen molar-refractivity contribution in [3.8, 4) is 11.5 Å². The van der Waals surface area contributed by atoms with E-state index in [1.165, 1.54) is 18.7 Å². The van der Waals surface area contributed by atoms with Crippen LogP contribution in [0.4, 0.5) is 5.82 Å². The summed E-state index contributed by atoms with van der Waals surface area (Å²) in [4.78, 5) is 29.7. The summed E-state index contributed by atoms with van der Waals surface area (Å²) in [6.45, 7) is 3.07. The van der Waals surface area contributed by atoms with Crippen LogP contribution in [0, 0.1) is 5.92 Å². The number of hydrogen-bond acceptors (Lipinski definition) is 8. The Kier molecular flexibility index (Phi) is 8.78. The molecule has 0 spiro atoms. The Morgan fingerprint density at radius 1 is 1.17 bits per heavy atom. The quantitative estimate of drug-likeness (QED) is 0.375. The maximum Gasteiger partial charge on any atom is 0.163 e. The lowest BCUT2D eigenvalue weighted by Gasteiger charge is -2.26. The SMILES string of the molecule is CCC1CCC(=O)CC(=O)C=Cc2cc(OC)c(O)cc2Cc2cnc3c(c2)C(CCN3)SSC1. The van der Waals surface area contributed by atoms with E-state index < -0.39 is 0 Å². The number of aromatic nitrogens is 1. The Labute approximate surface area is 214 Å². The van der Waals surface area contributed by atoms with Gasteiger partial charge in [0, 0.05) is 35.7 Å². The number of pyridine rings is 1. The molecule has 0 amide bonds. The third kappa shape index (κ3) is 6.61. The molecule has 0 saturated heterocycles. The van der Waals surface area contributed by atoms with Gasteiger partial charge in [-0.05, 0) is 66.1 Å². The molecule has 35 heavy (non-hydrogen) atoms. The Morgan fingerprint density at radius 3 is 2.83 bits per heavy atom. The van der Waals surface area contributed by atoms with Crippen LogP contribution in [-0.4, -0.2) is 41.1 Å². The van der Waals surface area contributed by atoms with Crippen molar-refractivity contribution in [2.75, 3.05) is 24.7 Å².